The summed E-state index contributed by atoms with van der Waals surface area (Å²) in [5.41, 5.74) is 2.05. The van der Waals surface area contributed by atoms with E-state index in [0.29, 0.717) is 24.5 Å². The van der Waals surface area contributed by atoms with Crippen molar-refractivity contribution in [3.8, 4) is 0 Å². The average molecular weight is 490 g/mol. The van der Waals surface area contributed by atoms with Crippen molar-refractivity contribution in [2.75, 3.05) is 60.3 Å². The predicted molar refractivity (Wildman–Crippen MR) is 130 cm³/mol. The first kappa shape index (κ1) is 22.4. The number of piperazine rings is 1. The molecule has 5 rings (SSSR count). The van der Waals surface area contributed by atoms with Crippen LogP contribution in [-0.2, 0) is 26.8 Å². The average Bonchev–Trinajstić information content (AvgIpc) is 3.45. The van der Waals surface area contributed by atoms with E-state index in [1.165, 1.54) is 7.11 Å². The van der Waals surface area contributed by atoms with E-state index in [4.69, 9.17) is 26.3 Å². The number of aromatic nitrogens is 2. The lowest BCUT2D eigenvalue weighted by Crippen LogP contribution is -2.47. The molecular formula is C23H28ClN5O3S. The van der Waals surface area contributed by atoms with Crippen molar-refractivity contribution in [3.63, 3.8) is 0 Å². The van der Waals surface area contributed by atoms with Crippen LogP contribution < -0.4 is 14.7 Å². The van der Waals surface area contributed by atoms with Gasteiger partial charge in [-0.1, -0.05) is 11.6 Å². The molecule has 0 bridgehead atoms. The number of anilines is 3. The van der Waals surface area contributed by atoms with Gasteiger partial charge < -0.3 is 19.4 Å². The van der Waals surface area contributed by atoms with Gasteiger partial charge in [-0.05, 0) is 37.1 Å². The third kappa shape index (κ3) is 4.53. The van der Waals surface area contributed by atoms with Gasteiger partial charge in [-0.3, -0.25) is 9.00 Å². The zero-order valence-corrected chi connectivity index (χ0v) is 20.3. The maximum absolute atomic E-state index is 12.8. The van der Waals surface area contributed by atoms with Gasteiger partial charge >= 0.3 is 5.97 Å². The number of ether oxygens (including phenoxy) is 1. The second kappa shape index (κ2) is 9.46. The van der Waals surface area contributed by atoms with Crippen LogP contribution in [0.15, 0.2) is 29.2 Å². The molecular weight excluding hydrogens is 462 g/mol. The summed E-state index contributed by atoms with van der Waals surface area (Å²) in [7, 11) is 0.317. The molecule has 1 unspecified atom stereocenters. The molecule has 0 amide bonds. The Morgan fingerprint density at radius 3 is 2.58 bits per heavy atom. The number of carbonyl (C=O) groups excluding carboxylic acids is 1. The summed E-state index contributed by atoms with van der Waals surface area (Å²) in [6, 6.07) is 7.95. The number of nitrogens with zero attached hydrogens (tertiary/aromatic N) is 5. The van der Waals surface area contributed by atoms with Gasteiger partial charge in [0.25, 0.3) is 0 Å². The van der Waals surface area contributed by atoms with Gasteiger partial charge in [-0.25, -0.2) is 4.98 Å². The second-order valence-electron chi connectivity index (χ2n) is 8.64. The van der Waals surface area contributed by atoms with Crippen molar-refractivity contribution in [1.29, 1.82) is 0 Å². The first-order chi connectivity index (χ1) is 16.0. The number of carbonyl (C=O) groups is 1. The molecule has 8 nitrogen and oxygen atoms in total. The van der Waals surface area contributed by atoms with Gasteiger partial charge in [0.05, 0.1) is 30.0 Å². The van der Waals surface area contributed by atoms with E-state index in [1.807, 2.05) is 24.3 Å². The highest BCUT2D eigenvalue weighted by atomic mass is 35.5. The quantitative estimate of drug-likeness (QED) is 0.593. The van der Waals surface area contributed by atoms with Crippen LogP contribution in [0.25, 0.3) is 0 Å². The minimum absolute atomic E-state index is 0.0173. The van der Waals surface area contributed by atoms with E-state index in [9.17, 15) is 9.00 Å². The van der Waals surface area contributed by atoms with E-state index >= 15 is 0 Å². The summed E-state index contributed by atoms with van der Waals surface area (Å²) in [5, 5.41) is 0.737. The summed E-state index contributed by atoms with van der Waals surface area (Å²) in [5.74, 6) is 1.80. The highest BCUT2D eigenvalue weighted by molar-refractivity contribution is 7.85. The predicted octanol–water partition coefficient (Wildman–Crippen LogP) is 2.65. The number of aryl methyl sites for hydroxylation is 1. The van der Waals surface area contributed by atoms with Crippen LogP contribution >= 0.6 is 11.6 Å². The molecule has 2 aromatic rings. The molecule has 0 saturated carbocycles. The van der Waals surface area contributed by atoms with E-state index in [0.717, 1.165) is 72.7 Å². The molecule has 2 saturated heterocycles. The third-order valence-corrected chi connectivity index (χ3v) is 8.39. The van der Waals surface area contributed by atoms with Crippen LogP contribution in [0.3, 0.4) is 0 Å². The van der Waals surface area contributed by atoms with Gasteiger partial charge in [0.1, 0.15) is 4.90 Å². The van der Waals surface area contributed by atoms with E-state index < -0.39 is 10.8 Å². The second-order valence-corrected chi connectivity index (χ2v) is 10.6. The Kier molecular flexibility index (Phi) is 6.42. The largest absolute Gasteiger partial charge is 0.469 e. The molecule has 33 heavy (non-hydrogen) atoms. The van der Waals surface area contributed by atoms with Gasteiger partial charge in [0, 0.05) is 61.6 Å². The van der Waals surface area contributed by atoms with Crippen LogP contribution in [-0.4, -0.2) is 71.8 Å². The molecule has 0 spiro atoms. The Morgan fingerprint density at radius 2 is 1.85 bits per heavy atom. The lowest BCUT2D eigenvalue weighted by Gasteiger charge is -2.36. The Labute approximate surface area is 201 Å². The number of hydrogen-bond acceptors (Lipinski definition) is 8. The maximum Gasteiger partial charge on any atom is 0.307 e. The fourth-order valence-electron chi connectivity index (χ4n) is 4.92. The highest BCUT2D eigenvalue weighted by Gasteiger charge is 2.35. The number of halogens is 1. The molecule has 3 aliphatic rings. The van der Waals surface area contributed by atoms with Gasteiger partial charge in [0.2, 0.25) is 5.95 Å². The van der Waals surface area contributed by atoms with Crippen molar-refractivity contribution in [1.82, 2.24) is 9.97 Å². The van der Waals surface area contributed by atoms with Crippen LogP contribution in [0.2, 0.25) is 5.02 Å². The minimum Gasteiger partial charge on any atom is -0.469 e. The third-order valence-electron chi connectivity index (χ3n) is 6.69. The molecule has 1 aromatic heterocycles. The molecule has 2 atom stereocenters. The number of rotatable bonds is 5. The normalized spacial score (nSPS) is 22.5. The van der Waals surface area contributed by atoms with Crippen molar-refractivity contribution >= 4 is 45.8 Å². The highest BCUT2D eigenvalue weighted by Crippen LogP contribution is 2.36. The SMILES string of the molecule is COC(=O)C[C@@H]1CCCN1c1nc(N2CCN(c3ccc(Cl)cc3)CC2)nc2c1S(=O)CC2. The number of benzene rings is 1. The molecule has 3 aliphatic heterocycles. The monoisotopic (exact) mass is 489 g/mol. The van der Waals surface area contributed by atoms with Gasteiger partial charge in [-0.2, -0.15) is 4.98 Å². The Bertz CT molecular complexity index is 1060. The van der Waals surface area contributed by atoms with Crippen molar-refractivity contribution in [2.24, 2.45) is 0 Å². The van der Waals surface area contributed by atoms with Gasteiger partial charge in [-0.15, -0.1) is 0 Å². The van der Waals surface area contributed by atoms with Gasteiger partial charge in [0.15, 0.2) is 5.82 Å². The Hall–Kier alpha value is -2.39. The van der Waals surface area contributed by atoms with Crippen LogP contribution in [0.5, 0.6) is 0 Å². The standard InChI is InChI=1S/C23H28ClN5O3S/c1-32-20(30)15-18-3-2-9-29(18)22-21-19(8-14-33(21)31)25-23(26-22)28-12-10-27(11-13-28)17-6-4-16(24)5-7-17/h4-7,18H,2-3,8-15H2,1H3/t18-,33?/m0/s1. The smallest absolute Gasteiger partial charge is 0.307 e. The Morgan fingerprint density at radius 1 is 1.12 bits per heavy atom. The molecule has 1 aromatic carbocycles. The fraction of sp³-hybridized carbons (Fsp3) is 0.522. The zero-order valence-electron chi connectivity index (χ0n) is 18.7. The molecule has 0 N–H and O–H groups in total. The maximum atomic E-state index is 12.8. The van der Waals surface area contributed by atoms with Crippen LogP contribution in [0.1, 0.15) is 25.0 Å². The summed E-state index contributed by atoms with van der Waals surface area (Å²) in [6.45, 7) is 4.12. The molecule has 176 valence electrons. The summed E-state index contributed by atoms with van der Waals surface area (Å²) >= 11 is 6.03. The molecule has 0 aliphatic carbocycles. The van der Waals surface area contributed by atoms with Crippen LogP contribution in [0, 0.1) is 0 Å². The molecule has 0 radical (unpaired) electrons. The number of esters is 1. The summed E-state index contributed by atoms with van der Waals surface area (Å²) in [6.07, 6.45) is 2.89. The summed E-state index contributed by atoms with van der Waals surface area (Å²) < 4.78 is 17.7. The fourth-order valence-corrected chi connectivity index (χ4v) is 6.41. The molecule has 10 heteroatoms. The van der Waals surface area contributed by atoms with Crippen molar-refractivity contribution in [2.45, 2.75) is 36.6 Å². The first-order valence-corrected chi connectivity index (χ1v) is 13.1. The first-order valence-electron chi connectivity index (χ1n) is 11.4. The summed E-state index contributed by atoms with van der Waals surface area (Å²) in [4.78, 5) is 29.2. The van der Waals surface area contributed by atoms with E-state index in [1.54, 1.807) is 0 Å². The Balaban J connectivity index is 1.39. The number of hydrogen-bond donors (Lipinski definition) is 0. The molecule has 4 heterocycles. The van der Waals surface area contributed by atoms with Crippen LogP contribution in [0.4, 0.5) is 17.5 Å². The lowest BCUT2D eigenvalue weighted by molar-refractivity contribution is -0.140. The molecule has 2 fully saturated rings. The number of fused-ring (bicyclic) bond motifs is 1. The van der Waals surface area contributed by atoms with E-state index in [-0.39, 0.29) is 12.0 Å². The number of methoxy groups -OCH3 is 1. The van der Waals surface area contributed by atoms with Crippen molar-refractivity contribution in [3.05, 3.63) is 35.0 Å². The van der Waals surface area contributed by atoms with E-state index in [2.05, 4.69) is 14.7 Å². The van der Waals surface area contributed by atoms with Crippen molar-refractivity contribution < 1.29 is 13.7 Å². The zero-order chi connectivity index (χ0) is 22.9. The minimum atomic E-state index is -1.10. The topological polar surface area (TPSA) is 78.9 Å². The lowest BCUT2D eigenvalue weighted by atomic mass is 10.1.